The fourth-order valence-corrected chi connectivity index (χ4v) is 2.83. The normalized spacial score (nSPS) is 11.7. The van der Waals surface area contributed by atoms with E-state index < -0.39 is 9.84 Å². The summed E-state index contributed by atoms with van der Waals surface area (Å²) in [5.41, 5.74) is 0.489. The minimum atomic E-state index is -3.20. The molecule has 1 aromatic rings. The molecule has 0 radical (unpaired) electrons. The topological polar surface area (TPSA) is 51.2 Å². The highest BCUT2D eigenvalue weighted by molar-refractivity contribution is 7.91. The quantitative estimate of drug-likeness (QED) is 0.742. The number of sulfone groups is 1. The van der Waals surface area contributed by atoms with Crippen LogP contribution < -0.4 is 0 Å². The lowest BCUT2D eigenvalue weighted by Crippen LogP contribution is -2.09. The minimum absolute atomic E-state index is 0.158. The van der Waals surface area contributed by atoms with Crippen molar-refractivity contribution >= 4 is 16.1 Å². The lowest BCUT2D eigenvalue weighted by atomic mass is 10.2. The molecule has 0 spiro atoms. The first kappa shape index (κ1) is 12.9. The fraction of sp³-hybridized carbons (Fsp3) is 0.417. The minimum Gasteiger partial charge on any atom is -0.298 e. The number of hydrogen-bond donors (Lipinski definition) is 0. The Morgan fingerprint density at radius 1 is 1.19 bits per heavy atom. The second-order valence-electron chi connectivity index (χ2n) is 4.19. The molecule has 0 fully saturated rings. The van der Waals surface area contributed by atoms with Crippen LogP contribution in [0.4, 0.5) is 0 Å². The van der Waals surface area contributed by atoms with Gasteiger partial charge in [-0.25, -0.2) is 8.42 Å². The Morgan fingerprint density at radius 2 is 1.75 bits per heavy atom. The summed E-state index contributed by atoms with van der Waals surface area (Å²) in [5.74, 6) is 0.523. The summed E-state index contributed by atoms with van der Waals surface area (Å²) in [6.07, 6.45) is 1.35. The van der Waals surface area contributed by atoms with E-state index in [1.165, 1.54) is 24.3 Å². The van der Waals surface area contributed by atoms with Gasteiger partial charge in [-0.05, 0) is 24.5 Å². The molecule has 0 N–H and O–H groups in total. The standard InChI is InChI=1S/C12H16O3S/c1-10(2)7-8-16(14,15)12-5-3-11(9-13)4-6-12/h3-6,9-10H,7-8H2,1-2H3. The van der Waals surface area contributed by atoms with Gasteiger partial charge in [-0.15, -0.1) is 0 Å². The first-order valence-corrected chi connectivity index (χ1v) is 6.89. The SMILES string of the molecule is CC(C)CCS(=O)(=O)c1ccc(C=O)cc1. The van der Waals surface area contributed by atoms with E-state index in [2.05, 4.69) is 0 Å². The van der Waals surface area contributed by atoms with Gasteiger partial charge in [-0.1, -0.05) is 26.0 Å². The van der Waals surface area contributed by atoms with Crippen LogP contribution in [0.2, 0.25) is 0 Å². The van der Waals surface area contributed by atoms with Crippen LogP contribution in [0.15, 0.2) is 29.2 Å². The van der Waals surface area contributed by atoms with Crippen molar-refractivity contribution in [2.75, 3.05) is 5.75 Å². The molecule has 88 valence electrons. The zero-order valence-electron chi connectivity index (χ0n) is 9.51. The van der Waals surface area contributed by atoms with E-state index in [0.29, 0.717) is 29.1 Å². The smallest absolute Gasteiger partial charge is 0.178 e. The van der Waals surface area contributed by atoms with Crippen molar-refractivity contribution in [1.82, 2.24) is 0 Å². The average molecular weight is 240 g/mol. The summed E-state index contributed by atoms with van der Waals surface area (Å²) in [4.78, 5) is 10.7. The van der Waals surface area contributed by atoms with Crippen molar-refractivity contribution in [3.05, 3.63) is 29.8 Å². The molecule has 0 bridgehead atoms. The highest BCUT2D eigenvalue weighted by atomic mass is 32.2. The second kappa shape index (κ2) is 5.25. The first-order valence-electron chi connectivity index (χ1n) is 5.23. The summed E-state index contributed by atoms with van der Waals surface area (Å²) < 4.78 is 23.7. The highest BCUT2D eigenvalue weighted by Crippen LogP contribution is 2.14. The van der Waals surface area contributed by atoms with Crippen LogP contribution in [0, 0.1) is 5.92 Å². The maximum Gasteiger partial charge on any atom is 0.178 e. The Hall–Kier alpha value is -1.16. The zero-order valence-corrected chi connectivity index (χ0v) is 10.3. The van der Waals surface area contributed by atoms with Gasteiger partial charge in [0.25, 0.3) is 0 Å². The Morgan fingerprint density at radius 3 is 2.19 bits per heavy atom. The molecule has 1 aromatic carbocycles. The maximum atomic E-state index is 11.8. The van der Waals surface area contributed by atoms with E-state index >= 15 is 0 Å². The molecule has 16 heavy (non-hydrogen) atoms. The third-order valence-electron chi connectivity index (χ3n) is 2.34. The summed E-state index contributed by atoms with van der Waals surface area (Å²) in [7, 11) is -3.20. The Kier molecular flexibility index (Phi) is 4.24. The molecule has 1 rings (SSSR count). The lowest BCUT2D eigenvalue weighted by molar-refractivity contribution is 0.112. The fourth-order valence-electron chi connectivity index (χ4n) is 1.26. The molecular formula is C12H16O3S. The van der Waals surface area contributed by atoms with Gasteiger partial charge < -0.3 is 0 Å². The lowest BCUT2D eigenvalue weighted by Gasteiger charge is -2.06. The van der Waals surface area contributed by atoms with Gasteiger partial charge >= 0.3 is 0 Å². The molecular weight excluding hydrogens is 224 g/mol. The number of aldehydes is 1. The van der Waals surface area contributed by atoms with Gasteiger partial charge in [0, 0.05) is 5.56 Å². The predicted octanol–water partition coefficient (Wildman–Crippen LogP) is 2.32. The van der Waals surface area contributed by atoms with Crippen molar-refractivity contribution in [1.29, 1.82) is 0 Å². The molecule has 4 heteroatoms. The number of carbonyl (C=O) groups excluding carboxylic acids is 1. The summed E-state index contributed by atoms with van der Waals surface area (Å²) in [6, 6.07) is 6.02. The molecule has 0 amide bonds. The molecule has 0 aliphatic rings. The highest BCUT2D eigenvalue weighted by Gasteiger charge is 2.14. The molecule has 0 aliphatic carbocycles. The summed E-state index contributed by atoms with van der Waals surface area (Å²) >= 11 is 0. The first-order chi connectivity index (χ1) is 7.45. The van der Waals surface area contributed by atoms with Crippen LogP contribution in [-0.4, -0.2) is 20.5 Å². The number of carbonyl (C=O) groups is 1. The third-order valence-corrected chi connectivity index (χ3v) is 4.10. The van der Waals surface area contributed by atoms with Gasteiger partial charge in [0.15, 0.2) is 9.84 Å². The van der Waals surface area contributed by atoms with Crippen molar-refractivity contribution in [3.63, 3.8) is 0 Å². The second-order valence-corrected chi connectivity index (χ2v) is 6.30. The van der Waals surface area contributed by atoms with Crippen LogP contribution in [0.1, 0.15) is 30.6 Å². The number of benzene rings is 1. The van der Waals surface area contributed by atoms with E-state index in [-0.39, 0.29) is 5.75 Å². The van der Waals surface area contributed by atoms with Crippen LogP contribution in [-0.2, 0) is 9.84 Å². The third kappa shape index (κ3) is 3.45. The predicted molar refractivity (Wildman–Crippen MR) is 63.3 cm³/mol. The van der Waals surface area contributed by atoms with Crippen LogP contribution >= 0.6 is 0 Å². The van der Waals surface area contributed by atoms with E-state index in [4.69, 9.17) is 0 Å². The van der Waals surface area contributed by atoms with E-state index in [0.717, 1.165) is 0 Å². The van der Waals surface area contributed by atoms with E-state index in [1.807, 2.05) is 13.8 Å². The van der Waals surface area contributed by atoms with Crippen LogP contribution in [0.5, 0.6) is 0 Å². The summed E-state index contributed by atoms with van der Waals surface area (Å²) in [5, 5.41) is 0. The van der Waals surface area contributed by atoms with Gasteiger partial charge in [-0.3, -0.25) is 4.79 Å². The summed E-state index contributed by atoms with van der Waals surface area (Å²) in [6.45, 7) is 3.98. The number of hydrogen-bond acceptors (Lipinski definition) is 3. The van der Waals surface area contributed by atoms with Gasteiger partial charge in [0.1, 0.15) is 6.29 Å². The largest absolute Gasteiger partial charge is 0.298 e. The monoisotopic (exact) mass is 240 g/mol. The molecule has 0 aliphatic heterocycles. The van der Waals surface area contributed by atoms with Gasteiger partial charge in [0.05, 0.1) is 10.6 Å². The van der Waals surface area contributed by atoms with Gasteiger partial charge in [-0.2, -0.15) is 0 Å². The Labute approximate surface area is 96.4 Å². The molecule has 0 aromatic heterocycles. The van der Waals surface area contributed by atoms with E-state index in [9.17, 15) is 13.2 Å². The Balaban J connectivity index is 2.85. The van der Waals surface area contributed by atoms with Crippen molar-refractivity contribution in [2.24, 2.45) is 5.92 Å². The molecule has 3 nitrogen and oxygen atoms in total. The maximum absolute atomic E-state index is 11.8. The van der Waals surface area contributed by atoms with Crippen molar-refractivity contribution in [2.45, 2.75) is 25.2 Å². The van der Waals surface area contributed by atoms with Crippen molar-refractivity contribution in [3.8, 4) is 0 Å². The average Bonchev–Trinajstić information content (AvgIpc) is 2.27. The van der Waals surface area contributed by atoms with Crippen LogP contribution in [0.3, 0.4) is 0 Å². The molecule has 0 saturated carbocycles. The van der Waals surface area contributed by atoms with Crippen LogP contribution in [0.25, 0.3) is 0 Å². The number of rotatable bonds is 5. The zero-order chi connectivity index (χ0) is 12.2. The van der Waals surface area contributed by atoms with Crippen molar-refractivity contribution < 1.29 is 13.2 Å². The van der Waals surface area contributed by atoms with E-state index in [1.54, 1.807) is 0 Å². The van der Waals surface area contributed by atoms with Gasteiger partial charge in [0.2, 0.25) is 0 Å². The Bertz CT molecular complexity index is 444. The molecule has 0 saturated heterocycles. The molecule has 0 atom stereocenters. The molecule has 0 unspecified atom stereocenters. The molecule has 0 heterocycles.